The molecule has 1 aromatic heterocycles. The normalized spacial score (nSPS) is 14.0. The lowest BCUT2D eigenvalue weighted by Gasteiger charge is -2.15. The van der Waals surface area contributed by atoms with E-state index in [1.54, 1.807) is 17.0 Å². The van der Waals surface area contributed by atoms with Crippen LogP contribution in [-0.4, -0.2) is 31.1 Å². The van der Waals surface area contributed by atoms with E-state index in [4.69, 9.17) is 0 Å². The first kappa shape index (κ1) is 13.6. The molecule has 7 nitrogen and oxygen atoms in total. The molecule has 3 rings (SSSR count). The molecular formula is C13H14N4O3S. The smallest absolute Gasteiger partial charge is 0.262 e. The van der Waals surface area contributed by atoms with Gasteiger partial charge in [-0.3, -0.25) is 14.6 Å². The molecule has 8 heteroatoms. The molecule has 0 atom stereocenters. The number of aromatic amines is 1. The number of sulfonamides is 1. The second-order valence-corrected chi connectivity index (χ2v) is 6.49. The summed E-state index contributed by atoms with van der Waals surface area (Å²) >= 11 is 0. The Morgan fingerprint density at radius 2 is 2.24 bits per heavy atom. The van der Waals surface area contributed by atoms with Crippen molar-refractivity contribution in [3.05, 3.63) is 36.2 Å². The molecule has 0 spiro atoms. The summed E-state index contributed by atoms with van der Waals surface area (Å²) < 4.78 is 27.1. The van der Waals surface area contributed by atoms with Crippen molar-refractivity contribution >= 4 is 27.3 Å². The number of carbonyl (C=O) groups excluding carboxylic acids is 1. The van der Waals surface area contributed by atoms with E-state index >= 15 is 0 Å². The maximum Gasteiger partial charge on any atom is 0.262 e. The van der Waals surface area contributed by atoms with E-state index in [2.05, 4.69) is 14.9 Å². The third-order valence-electron chi connectivity index (χ3n) is 3.39. The van der Waals surface area contributed by atoms with Crippen molar-refractivity contribution in [2.45, 2.75) is 18.2 Å². The third kappa shape index (κ3) is 2.49. The summed E-state index contributed by atoms with van der Waals surface area (Å²) in [7, 11) is -3.70. The predicted molar refractivity (Wildman–Crippen MR) is 77.6 cm³/mol. The van der Waals surface area contributed by atoms with Gasteiger partial charge in [0.1, 0.15) is 0 Å². The third-order valence-corrected chi connectivity index (χ3v) is 4.77. The average Bonchev–Trinajstić information content (AvgIpc) is 3.05. The number of nitrogens with one attached hydrogen (secondary N) is 2. The second-order valence-electron chi connectivity index (χ2n) is 4.80. The molecule has 21 heavy (non-hydrogen) atoms. The molecule has 0 fully saturated rings. The Hall–Kier alpha value is -2.35. The van der Waals surface area contributed by atoms with E-state index in [0.29, 0.717) is 17.9 Å². The van der Waals surface area contributed by atoms with Gasteiger partial charge in [0.05, 0.1) is 16.8 Å². The van der Waals surface area contributed by atoms with Crippen molar-refractivity contribution in [2.24, 2.45) is 0 Å². The first-order valence-corrected chi connectivity index (χ1v) is 7.88. The molecule has 1 aliphatic rings. The summed E-state index contributed by atoms with van der Waals surface area (Å²) in [6.07, 6.45) is 3.57. The van der Waals surface area contributed by atoms with Crippen LogP contribution in [0.15, 0.2) is 35.5 Å². The lowest BCUT2D eigenvalue weighted by atomic mass is 10.2. The van der Waals surface area contributed by atoms with Crippen molar-refractivity contribution in [3.8, 4) is 0 Å². The summed E-state index contributed by atoms with van der Waals surface area (Å²) in [6, 6.07) is 4.83. The summed E-state index contributed by atoms with van der Waals surface area (Å²) in [5.41, 5.74) is 2.00. The fraction of sp³-hybridized carbons (Fsp3) is 0.231. The van der Waals surface area contributed by atoms with Crippen molar-refractivity contribution < 1.29 is 13.2 Å². The summed E-state index contributed by atoms with van der Waals surface area (Å²) in [6.45, 7) is 2.06. The van der Waals surface area contributed by atoms with Gasteiger partial charge in [0.25, 0.3) is 10.0 Å². The van der Waals surface area contributed by atoms with Crippen LogP contribution >= 0.6 is 0 Å². The van der Waals surface area contributed by atoms with Gasteiger partial charge in [0, 0.05) is 25.4 Å². The van der Waals surface area contributed by atoms with Crippen molar-refractivity contribution in [2.75, 3.05) is 16.2 Å². The molecule has 0 saturated heterocycles. The predicted octanol–water partition coefficient (Wildman–Crippen LogP) is 1.12. The zero-order valence-corrected chi connectivity index (χ0v) is 12.1. The highest BCUT2D eigenvalue weighted by atomic mass is 32.2. The van der Waals surface area contributed by atoms with Crippen LogP contribution in [0.2, 0.25) is 0 Å². The number of rotatable bonds is 3. The first-order valence-electron chi connectivity index (χ1n) is 6.40. The zero-order valence-electron chi connectivity index (χ0n) is 11.3. The van der Waals surface area contributed by atoms with Crippen LogP contribution in [0.5, 0.6) is 0 Å². The van der Waals surface area contributed by atoms with E-state index in [1.807, 2.05) is 0 Å². The fourth-order valence-corrected chi connectivity index (χ4v) is 3.43. The lowest BCUT2D eigenvalue weighted by Crippen LogP contribution is -2.26. The maximum atomic E-state index is 12.3. The molecular weight excluding hydrogens is 292 g/mol. The Morgan fingerprint density at radius 1 is 1.43 bits per heavy atom. The van der Waals surface area contributed by atoms with Gasteiger partial charge in [-0.2, -0.15) is 5.10 Å². The minimum absolute atomic E-state index is 0.0916. The van der Waals surface area contributed by atoms with Gasteiger partial charge in [-0.25, -0.2) is 8.42 Å². The zero-order chi connectivity index (χ0) is 15.0. The van der Waals surface area contributed by atoms with Gasteiger partial charge in [0.15, 0.2) is 0 Å². The Bertz CT molecular complexity index is 784. The molecule has 0 unspecified atom stereocenters. The number of nitrogens with zero attached hydrogens (tertiary/aromatic N) is 2. The monoisotopic (exact) mass is 306 g/mol. The number of anilines is 2. The highest BCUT2D eigenvalue weighted by Crippen LogP contribution is 2.31. The molecule has 1 aliphatic heterocycles. The van der Waals surface area contributed by atoms with E-state index in [-0.39, 0.29) is 10.8 Å². The number of aromatic nitrogens is 2. The number of fused-ring (bicyclic) bond motifs is 1. The van der Waals surface area contributed by atoms with Crippen LogP contribution in [0, 0.1) is 0 Å². The number of benzene rings is 1. The largest absolute Gasteiger partial charge is 0.312 e. The molecule has 2 heterocycles. The van der Waals surface area contributed by atoms with Gasteiger partial charge in [-0.15, -0.1) is 0 Å². The van der Waals surface area contributed by atoms with E-state index in [1.165, 1.54) is 25.4 Å². The van der Waals surface area contributed by atoms with Crippen molar-refractivity contribution in [1.82, 2.24) is 10.2 Å². The number of carbonyl (C=O) groups is 1. The minimum atomic E-state index is -3.70. The number of H-pyrrole nitrogens is 1. The molecule has 0 saturated carbocycles. The van der Waals surface area contributed by atoms with Gasteiger partial charge in [0.2, 0.25) is 5.91 Å². The molecule has 0 bridgehead atoms. The topological polar surface area (TPSA) is 95.2 Å². The van der Waals surface area contributed by atoms with Crippen LogP contribution in [0.3, 0.4) is 0 Å². The first-order chi connectivity index (χ1) is 9.97. The van der Waals surface area contributed by atoms with Crippen molar-refractivity contribution in [1.29, 1.82) is 0 Å². The quantitative estimate of drug-likeness (QED) is 0.888. The summed E-state index contributed by atoms with van der Waals surface area (Å²) in [5, 5.41) is 6.23. The molecule has 2 aromatic rings. The maximum absolute atomic E-state index is 12.3. The second kappa shape index (κ2) is 4.88. The van der Waals surface area contributed by atoms with E-state index in [9.17, 15) is 13.2 Å². The number of hydrogen-bond donors (Lipinski definition) is 2. The van der Waals surface area contributed by atoms with Crippen LogP contribution in [-0.2, 0) is 21.2 Å². The van der Waals surface area contributed by atoms with Crippen molar-refractivity contribution in [3.63, 3.8) is 0 Å². The van der Waals surface area contributed by atoms with Gasteiger partial charge < -0.3 is 4.90 Å². The Balaban J connectivity index is 1.97. The minimum Gasteiger partial charge on any atom is -0.312 e. The molecule has 1 amide bonds. The summed E-state index contributed by atoms with van der Waals surface area (Å²) in [5.74, 6) is -0.0916. The Morgan fingerprint density at radius 3 is 2.90 bits per heavy atom. The van der Waals surface area contributed by atoms with E-state index in [0.717, 1.165) is 12.0 Å². The molecule has 0 aliphatic carbocycles. The van der Waals surface area contributed by atoms with E-state index < -0.39 is 10.0 Å². The SMILES string of the molecule is CC(=O)N1CCc2ccc(S(=O)(=O)Nc3cn[nH]c3)cc21. The summed E-state index contributed by atoms with van der Waals surface area (Å²) in [4.78, 5) is 13.3. The van der Waals surface area contributed by atoms with Crippen LogP contribution < -0.4 is 9.62 Å². The molecule has 0 radical (unpaired) electrons. The van der Waals surface area contributed by atoms with Gasteiger partial charge in [-0.05, 0) is 24.1 Å². The van der Waals surface area contributed by atoms with Crippen LogP contribution in [0.25, 0.3) is 0 Å². The lowest BCUT2D eigenvalue weighted by molar-refractivity contribution is -0.116. The van der Waals surface area contributed by atoms with Gasteiger partial charge in [-0.1, -0.05) is 6.07 Å². The van der Waals surface area contributed by atoms with Gasteiger partial charge >= 0.3 is 0 Å². The number of amides is 1. The highest BCUT2D eigenvalue weighted by molar-refractivity contribution is 7.92. The molecule has 110 valence electrons. The Kier molecular flexibility index (Phi) is 3.17. The van der Waals surface area contributed by atoms with Crippen LogP contribution in [0.1, 0.15) is 12.5 Å². The fourth-order valence-electron chi connectivity index (χ4n) is 2.37. The highest BCUT2D eigenvalue weighted by Gasteiger charge is 2.25. The van der Waals surface area contributed by atoms with Crippen LogP contribution in [0.4, 0.5) is 11.4 Å². The Labute approximate surface area is 122 Å². The molecule has 2 N–H and O–H groups in total. The average molecular weight is 306 g/mol. The molecule has 1 aromatic carbocycles. The standard InChI is InChI=1S/C13H14N4O3S/c1-9(18)17-5-4-10-2-3-12(6-13(10)17)21(19,20)16-11-7-14-15-8-11/h2-3,6-8,16H,4-5H2,1H3,(H,14,15). The number of hydrogen-bond acceptors (Lipinski definition) is 4.